The minimum absolute atomic E-state index is 0.0307. The predicted octanol–water partition coefficient (Wildman–Crippen LogP) is 2.54. The van der Waals surface area contributed by atoms with E-state index in [-0.39, 0.29) is 29.9 Å². The highest BCUT2D eigenvalue weighted by molar-refractivity contribution is 7.86. The van der Waals surface area contributed by atoms with Gasteiger partial charge in [0.05, 0.1) is 4.90 Å². The summed E-state index contributed by atoms with van der Waals surface area (Å²) in [7, 11) is -3.83. The second-order valence-electron chi connectivity index (χ2n) is 6.42. The van der Waals surface area contributed by atoms with Crippen LogP contribution in [0.1, 0.15) is 28.8 Å². The molecule has 2 aromatic carbocycles. The standard InChI is InChI=1S/C20H21NO6S/c1-15-4-10-18(11-5-15)28(24,25)27-14-13-26-17-8-6-16(7-9-17)20(23)21-12-2-3-19(21)22/h4-11H,2-3,12-14H2,1H3. The first-order chi connectivity index (χ1) is 13.4. The van der Waals surface area contributed by atoms with Crippen LogP contribution >= 0.6 is 0 Å². The van der Waals surface area contributed by atoms with E-state index >= 15 is 0 Å². The molecule has 2 aromatic rings. The summed E-state index contributed by atoms with van der Waals surface area (Å²) in [5.41, 5.74) is 1.36. The van der Waals surface area contributed by atoms with Gasteiger partial charge in [0.2, 0.25) is 5.91 Å². The summed E-state index contributed by atoms with van der Waals surface area (Å²) in [6.45, 7) is 2.21. The maximum absolute atomic E-state index is 12.3. The number of benzene rings is 2. The average molecular weight is 403 g/mol. The molecule has 7 nitrogen and oxygen atoms in total. The lowest BCUT2D eigenvalue weighted by Gasteiger charge is -2.13. The first-order valence-electron chi connectivity index (χ1n) is 8.90. The van der Waals surface area contributed by atoms with Crippen LogP contribution in [-0.4, -0.2) is 44.9 Å². The van der Waals surface area contributed by atoms with E-state index in [4.69, 9.17) is 8.92 Å². The fourth-order valence-corrected chi connectivity index (χ4v) is 3.68. The zero-order chi connectivity index (χ0) is 20.1. The third-order valence-corrected chi connectivity index (χ3v) is 5.65. The third kappa shape index (κ3) is 4.76. The van der Waals surface area contributed by atoms with Crippen LogP contribution in [0.25, 0.3) is 0 Å². The Hall–Kier alpha value is -2.71. The van der Waals surface area contributed by atoms with Crippen molar-refractivity contribution in [2.75, 3.05) is 19.8 Å². The summed E-state index contributed by atoms with van der Waals surface area (Å²) < 4.78 is 34.6. The summed E-state index contributed by atoms with van der Waals surface area (Å²) in [6, 6.07) is 12.7. The second kappa shape index (κ2) is 8.53. The van der Waals surface area contributed by atoms with Gasteiger partial charge in [0, 0.05) is 18.5 Å². The molecule has 1 fully saturated rings. The Morgan fingerprint density at radius 1 is 1.04 bits per heavy atom. The topological polar surface area (TPSA) is 90.0 Å². The van der Waals surface area contributed by atoms with E-state index < -0.39 is 10.1 Å². The van der Waals surface area contributed by atoms with Crippen LogP contribution in [0.5, 0.6) is 5.75 Å². The van der Waals surface area contributed by atoms with Crippen LogP contribution in [-0.2, 0) is 19.1 Å². The lowest BCUT2D eigenvalue weighted by Crippen LogP contribution is -2.31. The van der Waals surface area contributed by atoms with Crippen LogP contribution in [0.3, 0.4) is 0 Å². The molecule has 1 heterocycles. The maximum atomic E-state index is 12.3. The summed E-state index contributed by atoms with van der Waals surface area (Å²) in [5.74, 6) is -0.000492. The molecule has 148 valence electrons. The van der Waals surface area contributed by atoms with Crippen molar-refractivity contribution in [1.82, 2.24) is 4.90 Å². The van der Waals surface area contributed by atoms with Gasteiger partial charge in [-0.25, -0.2) is 0 Å². The van der Waals surface area contributed by atoms with Crippen molar-refractivity contribution in [1.29, 1.82) is 0 Å². The molecule has 0 bridgehead atoms. The molecule has 8 heteroatoms. The number of aryl methyl sites for hydroxylation is 1. The Morgan fingerprint density at radius 2 is 1.71 bits per heavy atom. The second-order valence-corrected chi connectivity index (χ2v) is 8.03. The Morgan fingerprint density at radius 3 is 2.32 bits per heavy atom. The van der Waals surface area contributed by atoms with Gasteiger partial charge in [0.1, 0.15) is 19.0 Å². The molecule has 1 aliphatic heterocycles. The Kier molecular flexibility index (Phi) is 6.11. The number of ether oxygens (including phenoxy) is 1. The van der Waals surface area contributed by atoms with Crippen LogP contribution in [0.4, 0.5) is 0 Å². The number of imide groups is 1. The monoisotopic (exact) mass is 403 g/mol. The van der Waals surface area contributed by atoms with E-state index in [2.05, 4.69) is 0 Å². The van der Waals surface area contributed by atoms with Crippen molar-refractivity contribution in [3.05, 3.63) is 59.7 Å². The van der Waals surface area contributed by atoms with E-state index in [0.717, 1.165) is 5.56 Å². The van der Waals surface area contributed by atoms with Gasteiger partial charge in [0.25, 0.3) is 16.0 Å². The van der Waals surface area contributed by atoms with E-state index in [1.165, 1.54) is 17.0 Å². The first kappa shape index (κ1) is 20.0. The molecule has 28 heavy (non-hydrogen) atoms. The molecule has 2 amide bonds. The van der Waals surface area contributed by atoms with E-state index in [1.807, 2.05) is 6.92 Å². The zero-order valence-electron chi connectivity index (χ0n) is 15.5. The van der Waals surface area contributed by atoms with Crippen molar-refractivity contribution >= 4 is 21.9 Å². The lowest BCUT2D eigenvalue weighted by atomic mass is 10.2. The summed E-state index contributed by atoms with van der Waals surface area (Å²) in [5, 5.41) is 0. The molecule has 0 unspecified atom stereocenters. The molecule has 3 rings (SSSR count). The van der Waals surface area contributed by atoms with Gasteiger partial charge in [-0.3, -0.25) is 18.7 Å². The fourth-order valence-electron chi connectivity index (χ4n) is 2.79. The minimum atomic E-state index is -3.83. The normalized spacial score (nSPS) is 14.3. The highest BCUT2D eigenvalue weighted by Gasteiger charge is 2.27. The number of likely N-dealkylation sites (tertiary alicyclic amines) is 1. The van der Waals surface area contributed by atoms with Crippen LogP contribution in [0.2, 0.25) is 0 Å². The van der Waals surface area contributed by atoms with Crippen molar-refractivity contribution in [2.24, 2.45) is 0 Å². The Bertz CT molecular complexity index is 951. The van der Waals surface area contributed by atoms with Gasteiger partial charge < -0.3 is 4.74 Å². The van der Waals surface area contributed by atoms with Crippen LogP contribution < -0.4 is 4.74 Å². The number of nitrogens with zero attached hydrogens (tertiary/aromatic N) is 1. The number of carbonyl (C=O) groups excluding carboxylic acids is 2. The Labute approximate surface area is 164 Å². The van der Waals surface area contributed by atoms with Crippen LogP contribution in [0, 0.1) is 6.92 Å². The minimum Gasteiger partial charge on any atom is -0.491 e. The molecule has 0 saturated carbocycles. The number of hydrogen-bond donors (Lipinski definition) is 0. The predicted molar refractivity (Wildman–Crippen MR) is 102 cm³/mol. The van der Waals surface area contributed by atoms with Crippen molar-refractivity contribution < 1.29 is 26.9 Å². The van der Waals surface area contributed by atoms with Crippen molar-refractivity contribution in [3.8, 4) is 5.75 Å². The average Bonchev–Trinajstić information content (AvgIpc) is 3.11. The van der Waals surface area contributed by atoms with Gasteiger partial charge in [-0.05, 0) is 49.7 Å². The summed E-state index contributed by atoms with van der Waals surface area (Å²) >= 11 is 0. The quantitative estimate of drug-likeness (QED) is 0.401. The number of rotatable bonds is 7. The SMILES string of the molecule is Cc1ccc(S(=O)(=O)OCCOc2ccc(C(=O)N3CCCC3=O)cc2)cc1. The van der Waals surface area contributed by atoms with Gasteiger partial charge in [0.15, 0.2) is 0 Å². The molecule has 1 aliphatic rings. The van der Waals surface area contributed by atoms with Gasteiger partial charge >= 0.3 is 0 Å². The van der Waals surface area contributed by atoms with E-state index in [0.29, 0.717) is 30.7 Å². The molecule has 0 aromatic heterocycles. The summed E-state index contributed by atoms with van der Waals surface area (Å²) in [6.07, 6.45) is 1.09. The van der Waals surface area contributed by atoms with E-state index in [9.17, 15) is 18.0 Å². The lowest BCUT2D eigenvalue weighted by molar-refractivity contribution is -0.125. The fraction of sp³-hybridized carbons (Fsp3) is 0.300. The molecular formula is C20H21NO6S. The largest absolute Gasteiger partial charge is 0.491 e. The van der Waals surface area contributed by atoms with Gasteiger partial charge in [-0.2, -0.15) is 8.42 Å². The van der Waals surface area contributed by atoms with Crippen molar-refractivity contribution in [2.45, 2.75) is 24.7 Å². The molecular weight excluding hydrogens is 382 g/mol. The van der Waals surface area contributed by atoms with Gasteiger partial charge in [-0.1, -0.05) is 17.7 Å². The highest BCUT2D eigenvalue weighted by atomic mass is 32.2. The number of amides is 2. The molecule has 0 N–H and O–H groups in total. The molecule has 1 saturated heterocycles. The maximum Gasteiger partial charge on any atom is 0.297 e. The summed E-state index contributed by atoms with van der Waals surface area (Å²) in [4.78, 5) is 25.3. The number of carbonyl (C=O) groups is 2. The Balaban J connectivity index is 1.49. The zero-order valence-corrected chi connectivity index (χ0v) is 16.3. The molecule has 0 aliphatic carbocycles. The molecule has 0 radical (unpaired) electrons. The van der Waals surface area contributed by atoms with Gasteiger partial charge in [-0.15, -0.1) is 0 Å². The number of hydrogen-bond acceptors (Lipinski definition) is 6. The highest BCUT2D eigenvalue weighted by Crippen LogP contribution is 2.18. The van der Waals surface area contributed by atoms with Crippen molar-refractivity contribution in [3.63, 3.8) is 0 Å². The van der Waals surface area contributed by atoms with Crippen LogP contribution in [0.15, 0.2) is 53.4 Å². The molecule has 0 atom stereocenters. The first-order valence-corrected chi connectivity index (χ1v) is 10.3. The molecule has 0 spiro atoms. The van der Waals surface area contributed by atoms with E-state index in [1.54, 1.807) is 36.4 Å². The third-order valence-electron chi connectivity index (χ3n) is 4.32. The smallest absolute Gasteiger partial charge is 0.297 e.